The fourth-order valence-electron chi connectivity index (χ4n) is 2.07. The number of furan rings is 1. The van der Waals surface area contributed by atoms with Gasteiger partial charge in [0.15, 0.2) is 0 Å². The highest BCUT2D eigenvalue weighted by Crippen LogP contribution is 2.14. The van der Waals surface area contributed by atoms with E-state index >= 15 is 0 Å². The monoisotopic (exact) mass is 287 g/mol. The number of hydrogen-bond donors (Lipinski definition) is 2. The second-order valence-electron chi connectivity index (χ2n) is 4.87. The minimum Gasteiger partial charge on any atom is -0.478 e. The van der Waals surface area contributed by atoms with E-state index in [9.17, 15) is 9.59 Å². The maximum Gasteiger partial charge on any atom is 0.339 e. The molecule has 110 valence electrons. The molecule has 2 aromatic rings. The standard InChI is InChI=1S/C16H17NO4/c1-10-5-3-4-6-12(10)7-15(18)17-9-13-8-14(16(19)20)11(2)21-13/h3-6,8H,7,9H2,1-2H3,(H,17,18)(H,19,20). The van der Waals surface area contributed by atoms with E-state index in [0.29, 0.717) is 11.5 Å². The lowest BCUT2D eigenvalue weighted by molar-refractivity contribution is -0.120. The molecule has 0 atom stereocenters. The van der Waals surface area contributed by atoms with E-state index < -0.39 is 5.97 Å². The number of carboxylic acid groups (broad SMARTS) is 1. The number of aromatic carboxylic acids is 1. The smallest absolute Gasteiger partial charge is 0.339 e. The van der Waals surface area contributed by atoms with E-state index in [2.05, 4.69) is 5.32 Å². The Kier molecular flexibility index (Phi) is 4.42. The predicted octanol–water partition coefficient (Wildman–Crippen LogP) is 2.45. The van der Waals surface area contributed by atoms with Gasteiger partial charge in [-0.2, -0.15) is 0 Å². The maximum atomic E-state index is 11.9. The Labute approximate surface area is 122 Å². The van der Waals surface area contributed by atoms with Crippen LogP contribution in [0, 0.1) is 13.8 Å². The first kappa shape index (κ1) is 14.8. The number of rotatable bonds is 5. The van der Waals surface area contributed by atoms with Crippen LogP contribution in [0.5, 0.6) is 0 Å². The van der Waals surface area contributed by atoms with Crippen LogP contribution < -0.4 is 5.32 Å². The Morgan fingerprint density at radius 2 is 1.95 bits per heavy atom. The number of carbonyl (C=O) groups is 2. The molecule has 0 aliphatic carbocycles. The molecule has 2 rings (SSSR count). The number of benzene rings is 1. The Morgan fingerprint density at radius 1 is 1.24 bits per heavy atom. The zero-order valence-corrected chi connectivity index (χ0v) is 12.0. The Balaban J connectivity index is 1.94. The van der Waals surface area contributed by atoms with Crippen LogP contribution in [-0.2, 0) is 17.8 Å². The number of hydrogen-bond acceptors (Lipinski definition) is 3. The van der Waals surface area contributed by atoms with Gasteiger partial charge < -0.3 is 14.8 Å². The highest BCUT2D eigenvalue weighted by molar-refractivity contribution is 5.88. The summed E-state index contributed by atoms with van der Waals surface area (Å²) in [4.78, 5) is 22.8. The summed E-state index contributed by atoms with van der Waals surface area (Å²) in [6.07, 6.45) is 0.290. The summed E-state index contributed by atoms with van der Waals surface area (Å²) in [6, 6.07) is 9.12. The average molecular weight is 287 g/mol. The summed E-state index contributed by atoms with van der Waals surface area (Å²) in [6.45, 7) is 3.72. The fraction of sp³-hybridized carbons (Fsp3) is 0.250. The molecule has 0 spiro atoms. The number of carbonyl (C=O) groups excluding carboxylic acids is 1. The van der Waals surface area contributed by atoms with Gasteiger partial charge in [-0.3, -0.25) is 4.79 Å². The lowest BCUT2D eigenvalue weighted by atomic mass is 10.1. The molecule has 1 amide bonds. The van der Waals surface area contributed by atoms with Gasteiger partial charge in [-0.05, 0) is 31.0 Å². The third-order valence-corrected chi connectivity index (χ3v) is 3.27. The van der Waals surface area contributed by atoms with E-state index in [0.717, 1.165) is 11.1 Å². The van der Waals surface area contributed by atoms with Crippen molar-refractivity contribution in [1.82, 2.24) is 5.32 Å². The summed E-state index contributed by atoms with van der Waals surface area (Å²) in [5.41, 5.74) is 2.16. The van der Waals surface area contributed by atoms with Crippen molar-refractivity contribution in [2.45, 2.75) is 26.8 Å². The summed E-state index contributed by atoms with van der Waals surface area (Å²) < 4.78 is 5.30. The number of nitrogens with one attached hydrogen (secondary N) is 1. The van der Waals surface area contributed by atoms with Crippen LogP contribution in [0.1, 0.15) is 33.0 Å². The van der Waals surface area contributed by atoms with E-state index in [-0.39, 0.29) is 24.4 Å². The molecule has 0 unspecified atom stereocenters. The van der Waals surface area contributed by atoms with Gasteiger partial charge in [-0.25, -0.2) is 4.79 Å². The number of amides is 1. The summed E-state index contributed by atoms with van der Waals surface area (Å²) in [5, 5.41) is 11.7. The summed E-state index contributed by atoms with van der Waals surface area (Å²) >= 11 is 0. The highest BCUT2D eigenvalue weighted by Gasteiger charge is 2.14. The van der Waals surface area contributed by atoms with Gasteiger partial charge in [-0.1, -0.05) is 24.3 Å². The second-order valence-corrected chi connectivity index (χ2v) is 4.87. The molecule has 1 heterocycles. The van der Waals surface area contributed by atoms with E-state index in [4.69, 9.17) is 9.52 Å². The first-order chi connectivity index (χ1) is 9.97. The third kappa shape index (κ3) is 3.72. The van der Waals surface area contributed by atoms with Crippen LogP contribution >= 0.6 is 0 Å². The van der Waals surface area contributed by atoms with Crippen molar-refractivity contribution in [3.8, 4) is 0 Å². The minimum absolute atomic E-state index is 0.123. The van der Waals surface area contributed by atoms with Gasteiger partial charge in [0, 0.05) is 0 Å². The SMILES string of the molecule is Cc1ccccc1CC(=O)NCc1cc(C(=O)O)c(C)o1. The molecule has 21 heavy (non-hydrogen) atoms. The normalized spacial score (nSPS) is 10.4. The zero-order chi connectivity index (χ0) is 15.4. The number of aryl methyl sites for hydroxylation is 2. The van der Waals surface area contributed by atoms with Crippen LogP contribution in [0.4, 0.5) is 0 Å². The third-order valence-electron chi connectivity index (χ3n) is 3.27. The minimum atomic E-state index is -1.03. The molecular weight excluding hydrogens is 270 g/mol. The van der Waals surface area contributed by atoms with Crippen LogP contribution in [0.15, 0.2) is 34.7 Å². The average Bonchev–Trinajstić information content (AvgIpc) is 2.80. The second kappa shape index (κ2) is 6.26. The molecule has 0 saturated carbocycles. The molecule has 0 saturated heterocycles. The van der Waals surface area contributed by atoms with Crippen LogP contribution in [-0.4, -0.2) is 17.0 Å². The van der Waals surface area contributed by atoms with Crippen molar-refractivity contribution in [3.63, 3.8) is 0 Å². The highest BCUT2D eigenvalue weighted by atomic mass is 16.4. The first-order valence-electron chi connectivity index (χ1n) is 6.61. The van der Waals surface area contributed by atoms with Gasteiger partial charge in [0.05, 0.1) is 13.0 Å². The molecule has 5 heteroatoms. The maximum absolute atomic E-state index is 11.9. The number of carboxylic acids is 1. The van der Waals surface area contributed by atoms with Crippen molar-refractivity contribution in [2.75, 3.05) is 0 Å². The Morgan fingerprint density at radius 3 is 2.57 bits per heavy atom. The van der Waals surface area contributed by atoms with Gasteiger partial charge in [0.1, 0.15) is 17.1 Å². The fourth-order valence-corrected chi connectivity index (χ4v) is 2.07. The predicted molar refractivity (Wildman–Crippen MR) is 77.1 cm³/mol. The molecule has 0 aliphatic heterocycles. The van der Waals surface area contributed by atoms with Crippen LogP contribution in [0.2, 0.25) is 0 Å². The molecule has 1 aromatic carbocycles. The van der Waals surface area contributed by atoms with Crippen molar-refractivity contribution < 1.29 is 19.1 Å². The topological polar surface area (TPSA) is 79.5 Å². The van der Waals surface area contributed by atoms with Gasteiger partial charge in [0.25, 0.3) is 0 Å². The Hall–Kier alpha value is -2.56. The van der Waals surface area contributed by atoms with Crippen molar-refractivity contribution >= 4 is 11.9 Å². The quantitative estimate of drug-likeness (QED) is 0.885. The molecular formula is C16H17NO4. The van der Waals surface area contributed by atoms with Crippen LogP contribution in [0.3, 0.4) is 0 Å². The molecule has 1 aromatic heterocycles. The van der Waals surface area contributed by atoms with E-state index in [1.165, 1.54) is 6.07 Å². The summed E-state index contributed by atoms with van der Waals surface area (Å²) in [7, 11) is 0. The van der Waals surface area contributed by atoms with E-state index in [1.807, 2.05) is 31.2 Å². The van der Waals surface area contributed by atoms with Crippen molar-refractivity contribution in [2.24, 2.45) is 0 Å². The molecule has 0 aliphatic rings. The summed E-state index contributed by atoms with van der Waals surface area (Å²) in [5.74, 6) is -0.391. The van der Waals surface area contributed by atoms with Crippen LogP contribution in [0.25, 0.3) is 0 Å². The van der Waals surface area contributed by atoms with E-state index in [1.54, 1.807) is 6.92 Å². The molecule has 5 nitrogen and oxygen atoms in total. The van der Waals surface area contributed by atoms with Gasteiger partial charge >= 0.3 is 5.97 Å². The largest absolute Gasteiger partial charge is 0.478 e. The first-order valence-corrected chi connectivity index (χ1v) is 6.61. The Bertz CT molecular complexity index is 673. The molecule has 0 bridgehead atoms. The molecule has 0 fully saturated rings. The van der Waals surface area contributed by atoms with Gasteiger partial charge in [0.2, 0.25) is 5.91 Å². The van der Waals surface area contributed by atoms with Gasteiger partial charge in [-0.15, -0.1) is 0 Å². The molecule has 2 N–H and O–H groups in total. The molecule has 0 radical (unpaired) electrons. The lowest BCUT2D eigenvalue weighted by Crippen LogP contribution is -2.24. The zero-order valence-electron chi connectivity index (χ0n) is 12.0. The van der Waals surface area contributed by atoms with Crippen molar-refractivity contribution in [1.29, 1.82) is 0 Å². The lowest BCUT2D eigenvalue weighted by Gasteiger charge is -2.06. The van der Waals surface area contributed by atoms with Crippen molar-refractivity contribution in [3.05, 3.63) is 58.5 Å².